The number of aromatic nitrogens is 1. The van der Waals surface area contributed by atoms with Crippen LogP contribution >= 0.6 is 0 Å². The zero-order valence-electron chi connectivity index (χ0n) is 9.40. The monoisotopic (exact) mass is 214 g/mol. The Balaban J connectivity index is 2.62. The van der Waals surface area contributed by atoms with Crippen LogP contribution in [0.5, 0.6) is 0 Å². The van der Waals surface area contributed by atoms with E-state index in [9.17, 15) is 4.79 Å². The molecule has 0 atom stereocenters. The molecule has 2 N–H and O–H groups in total. The van der Waals surface area contributed by atoms with Gasteiger partial charge in [0.25, 0.3) is 0 Å². The Morgan fingerprint density at radius 1 is 1.31 bits per heavy atom. The van der Waals surface area contributed by atoms with Crippen molar-refractivity contribution in [3.05, 3.63) is 36.0 Å². The van der Waals surface area contributed by atoms with Crippen molar-refractivity contribution in [2.45, 2.75) is 13.8 Å². The summed E-state index contributed by atoms with van der Waals surface area (Å²) in [7, 11) is 0. The molecule has 1 aromatic heterocycles. The van der Waals surface area contributed by atoms with E-state index >= 15 is 0 Å². The lowest BCUT2D eigenvalue weighted by molar-refractivity contribution is 0.0935. The lowest BCUT2D eigenvalue weighted by atomic mass is 10.0. The first-order valence-corrected chi connectivity index (χ1v) is 5.29. The van der Waals surface area contributed by atoms with Crippen molar-refractivity contribution < 1.29 is 4.79 Å². The van der Waals surface area contributed by atoms with E-state index in [1.54, 1.807) is 6.07 Å². The van der Waals surface area contributed by atoms with Gasteiger partial charge < -0.3 is 5.73 Å². The minimum atomic E-state index is -0.0620. The van der Waals surface area contributed by atoms with Gasteiger partial charge in [-0.3, -0.25) is 4.79 Å². The van der Waals surface area contributed by atoms with Gasteiger partial charge in [0.2, 0.25) is 0 Å². The molecule has 0 spiro atoms. The maximum Gasteiger partial charge on any atom is 0.183 e. The predicted molar refractivity (Wildman–Crippen MR) is 65.3 cm³/mol. The third kappa shape index (κ3) is 1.76. The number of carbonyl (C=O) groups is 1. The summed E-state index contributed by atoms with van der Waals surface area (Å²) < 4.78 is 0. The second-order valence-corrected chi connectivity index (χ2v) is 4.13. The number of carbonyl (C=O) groups excluding carboxylic acids is 1. The topological polar surface area (TPSA) is 56.0 Å². The fourth-order valence-electron chi connectivity index (χ4n) is 1.62. The molecule has 0 radical (unpaired) electrons. The summed E-state index contributed by atoms with van der Waals surface area (Å²) in [4.78, 5) is 16.1. The summed E-state index contributed by atoms with van der Waals surface area (Å²) in [5.41, 5.74) is 7.73. The molecule has 0 amide bonds. The fourth-order valence-corrected chi connectivity index (χ4v) is 1.62. The number of para-hydroxylation sites is 1. The Bertz CT molecular complexity index is 547. The number of Topliss-reactive ketones (excluding diaryl/α,β-unsaturated/α-hetero) is 1. The molecule has 0 fully saturated rings. The van der Waals surface area contributed by atoms with Gasteiger partial charge in [0.15, 0.2) is 5.78 Å². The smallest absolute Gasteiger partial charge is 0.183 e. The van der Waals surface area contributed by atoms with Crippen LogP contribution in [0.1, 0.15) is 24.3 Å². The molecule has 1 heterocycles. The first-order valence-electron chi connectivity index (χ1n) is 5.29. The van der Waals surface area contributed by atoms with E-state index in [1.807, 2.05) is 38.1 Å². The minimum Gasteiger partial charge on any atom is -0.398 e. The van der Waals surface area contributed by atoms with E-state index in [4.69, 9.17) is 5.73 Å². The molecule has 0 aliphatic rings. The van der Waals surface area contributed by atoms with Crippen molar-refractivity contribution in [1.29, 1.82) is 0 Å². The molecule has 1 aromatic carbocycles. The van der Waals surface area contributed by atoms with Crippen molar-refractivity contribution in [3.8, 4) is 0 Å². The van der Waals surface area contributed by atoms with E-state index in [0.717, 1.165) is 10.9 Å². The summed E-state index contributed by atoms with van der Waals surface area (Å²) in [6.45, 7) is 3.71. The predicted octanol–water partition coefficient (Wildman–Crippen LogP) is 2.66. The molecule has 2 rings (SSSR count). The largest absolute Gasteiger partial charge is 0.398 e. The van der Waals surface area contributed by atoms with Crippen molar-refractivity contribution in [3.63, 3.8) is 0 Å². The van der Waals surface area contributed by atoms with Crippen LogP contribution in [-0.2, 0) is 0 Å². The minimum absolute atomic E-state index is 0.0254. The van der Waals surface area contributed by atoms with Gasteiger partial charge in [0.05, 0.1) is 5.52 Å². The average molecular weight is 214 g/mol. The first kappa shape index (κ1) is 10.6. The molecule has 0 saturated heterocycles. The molecule has 82 valence electrons. The van der Waals surface area contributed by atoms with Crippen LogP contribution in [-0.4, -0.2) is 10.8 Å². The zero-order valence-corrected chi connectivity index (χ0v) is 9.40. The van der Waals surface area contributed by atoms with Gasteiger partial charge in [0.1, 0.15) is 5.69 Å². The number of anilines is 1. The van der Waals surface area contributed by atoms with Crippen molar-refractivity contribution in [2.75, 3.05) is 5.73 Å². The van der Waals surface area contributed by atoms with E-state index in [0.29, 0.717) is 11.4 Å². The third-order valence-corrected chi connectivity index (χ3v) is 2.53. The SMILES string of the molecule is CC(C)C(=O)c1cc(N)c2ccccc2n1. The number of fused-ring (bicyclic) bond motifs is 1. The molecule has 0 aliphatic heterocycles. The number of nitrogens with zero attached hydrogens (tertiary/aromatic N) is 1. The highest BCUT2D eigenvalue weighted by Gasteiger charge is 2.13. The van der Waals surface area contributed by atoms with Gasteiger partial charge in [0, 0.05) is 17.0 Å². The quantitative estimate of drug-likeness (QED) is 0.782. The van der Waals surface area contributed by atoms with Gasteiger partial charge in [-0.25, -0.2) is 4.98 Å². The molecule has 0 unspecified atom stereocenters. The Labute approximate surface area is 94.3 Å². The number of nitrogens with two attached hydrogens (primary N) is 1. The number of benzene rings is 1. The van der Waals surface area contributed by atoms with Gasteiger partial charge >= 0.3 is 0 Å². The second kappa shape index (κ2) is 3.93. The van der Waals surface area contributed by atoms with Crippen LogP contribution in [0.2, 0.25) is 0 Å². The van der Waals surface area contributed by atoms with Gasteiger partial charge in [-0.1, -0.05) is 32.0 Å². The van der Waals surface area contributed by atoms with Gasteiger partial charge in [-0.2, -0.15) is 0 Å². The highest BCUT2D eigenvalue weighted by molar-refractivity contribution is 6.01. The number of hydrogen-bond donors (Lipinski definition) is 1. The van der Waals surface area contributed by atoms with Gasteiger partial charge in [-0.15, -0.1) is 0 Å². The number of pyridine rings is 1. The van der Waals surface area contributed by atoms with Crippen LogP contribution in [0, 0.1) is 5.92 Å². The first-order chi connectivity index (χ1) is 7.59. The van der Waals surface area contributed by atoms with Crippen molar-refractivity contribution in [1.82, 2.24) is 4.98 Å². The molecular formula is C13H14N2O. The maximum atomic E-state index is 11.8. The Morgan fingerprint density at radius 3 is 2.69 bits per heavy atom. The number of hydrogen-bond acceptors (Lipinski definition) is 3. The van der Waals surface area contributed by atoms with E-state index in [1.165, 1.54) is 0 Å². The number of ketones is 1. The van der Waals surface area contributed by atoms with Crippen LogP contribution < -0.4 is 5.73 Å². The third-order valence-electron chi connectivity index (χ3n) is 2.53. The number of nitrogen functional groups attached to an aromatic ring is 1. The molecule has 0 saturated carbocycles. The molecule has 2 aromatic rings. The van der Waals surface area contributed by atoms with E-state index in [2.05, 4.69) is 4.98 Å². The molecule has 16 heavy (non-hydrogen) atoms. The molecule has 3 nitrogen and oxygen atoms in total. The highest BCUT2D eigenvalue weighted by atomic mass is 16.1. The Morgan fingerprint density at radius 2 is 2.00 bits per heavy atom. The van der Waals surface area contributed by atoms with E-state index < -0.39 is 0 Å². The summed E-state index contributed by atoms with van der Waals surface area (Å²) in [5, 5.41) is 0.891. The van der Waals surface area contributed by atoms with Crippen LogP contribution in [0.15, 0.2) is 30.3 Å². The van der Waals surface area contributed by atoms with Crippen LogP contribution in [0.3, 0.4) is 0 Å². The standard InChI is InChI=1S/C13H14N2O/c1-8(2)13(16)12-7-10(14)9-5-3-4-6-11(9)15-12/h3-8H,1-2H3,(H2,14,15). The maximum absolute atomic E-state index is 11.8. The van der Waals surface area contributed by atoms with Crippen molar-refractivity contribution in [2.24, 2.45) is 5.92 Å². The number of rotatable bonds is 2. The molecule has 0 bridgehead atoms. The molecular weight excluding hydrogens is 200 g/mol. The highest BCUT2D eigenvalue weighted by Crippen LogP contribution is 2.21. The van der Waals surface area contributed by atoms with Gasteiger partial charge in [-0.05, 0) is 12.1 Å². The average Bonchev–Trinajstić information content (AvgIpc) is 2.28. The summed E-state index contributed by atoms with van der Waals surface area (Å²) in [5.74, 6) is -0.0366. The van der Waals surface area contributed by atoms with Crippen LogP contribution in [0.25, 0.3) is 10.9 Å². The lowest BCUT2D eigenvalue weighted by Crippen LogP contribution is -2.10. The fraction of sp³-hybridized carbons (Fsp3) is 0.231. The van der Waals surface area contributed by atoms with Crippen molar-refractivity contribution >= 4 is 22.4 Å². The zero-order chi connectivity index (χ0) is 11.7. The molecule has 0 aliphatic carbocycles. The molecule has 3 heteroatoms. The summed E-state index contributed by atoms with van der Waals surface area (Å²) in [6.07, 6.45) is 0. The van der Waals surface area contributed by atoms with E-state index in [-0.39, 0.29) is 11.7 Å². The van der Waals surface area contributed by atoms with Crippen LogP contribution in [0.4, 0.5) is 5.69 Å². The summed E-state index contributed by atoms with van der Waals surface area (Å²) in [6, 6.07) is 9.22. The lowest BCUT2D eigenvalue weighted by Gasteiger charge is -2.07. The second-order valence-electron chi connectivity index (χ2n) is 4.13. The summed E-state index contributed by atoms with van der Waals surface area (Å²) >= 11 is 0. The Hall–Kier alpha value is -1.90. The normalized spacial score (nSPS) is 10.9. The Kier molecular flexibility index (Phi) is 2.60.